The first-order chi connectivity index (χ1) is 10.1. The zero-order chi connectivity index (χ0) is 15.6. The third-order valence-corrected chi connectivity index (χ3v) is 3.87. The normalized spacial score (nSPS) is 18.0. The van der Waals surface area contributed by atoms with Crippen LogP contribution in [0.3, 0.4) is 0 Å². The van der Waals surface area contributed by atoms with Crippen LogP contribution in [-0.2, 0) is 9.59 Å². The Morgan fingerprint density at radius 1 is 1.14 bits per heavy atom. The fourth-order valence-electron chi connectivity index (χ4n) is 2.64. The van der Waals surface area contributed by atoms with Gasteiger partial charge in [-0.2, -0.15) is 0 Å². The Bertz CT molecular complexity index is 394. The van der Waals surface area contributed by atoms with E-state index < -0.39 is 5.54 Å². The number of hydrogen-bond acceptors (Lipinski definition) is 2. The van der Waals surface area contributed by atoms with Crippen molar-refractivity contribution < 1.29 is 9.59 Å². The number of allylic oxidation sites excluding steroid dienone is 3. The van der Waals surface area contributed by atoms with E-state index >= 15 is 0 Å². The summed E-state index contributed by atoms with van der Waals surface area (Å²) < 4.78 is 0. The van der Waals surface area contributed by atoms with Crippen molar-refractivity contribution in [1.82, 2.24) is 10.6 Å². The molecule has 0 radical (unpaired) electrons. The fourth-order valence-corrected chi connectivity index (χ4v) is 2.64. The van der Waals surface area contributed by atoms with E-state index in [2.05, 4.69) is 17.6 Å². The maximum atomic E-state index is 12.5. The summed E-state index contributed by atoms with van der Waals surface area (Å²) in [6.07, 6.45) is 13.4. The van der Waals surface area contributed by atoms with Crippen LogP contribution in [0.25, 0.3) is 0 Å². The smallest absolute Gasteiger partial charge is 0.245 e. The highest BCUT2D eigenvalue weighted by molar-refractivity contribution is 5.95. The molecule has 1 aliphatic rings. The standard InChI is InChI=1S/C17H28N2O2/c1-3-5-8-11-15(20)19-17(12-9-7-10-13-17)16(21)18-14-6-4-2/h3,5,8,11H,4,6-7,9-10,12-14H2,1-2H3,(H,18,21)(H,19,20)/b5-3+,11-8+. The molecular formula is C17H28N2O2. The summed E-state index contributed by atoms with van der Waals surface area (Å²) in [7, 11) is 0. The molecule has 1 saturated carbocycles. The van der Waals surface area contributed by atoms with Crippen LogP contribution < -0.4 is 10.6 Å². The van der Waals surface area contributed by atoms with Gasteiger partial charge in [0, 0.05) is 12.6 Å². The second kappa shape index (κ2) is 9.37. The Hall–Kier alpha value is -1.58. The van der Waals surface area contributed by atoms with Crippen molar-refractivity contribution in [2.24, 2.45) is 0 Å². The number of unbranched alkanes of at least 4 members (excludes halogenated alkanes) is 1. The monoisotopic (exact) mass is 292 g/mol. The molecule has 1 rings (SSSR count). The van der Waals surface area contributed by atoms with Crippen molar-refractivity contribution in [1.29, 1.82) is 0 Å². The summed E-state index contributed by atoms with van der Waals surface area (Å²) in [5.41, 5.74) is -0.719. The maximum Gasteiger partial charge on any atom is 0.245 e. The minimum Gasteiger partial charge on any atom is -0.354 e. The number of rotatable bonds is 7. The quantitative estimate of drug-likeness (QED) is 0.430. The SMILES string of the molecule is C/C=C/C=C/C(=O)NC1(C(=O)NCCCC)CCCCC1. The first kappa shape index (κ1) is 17.5. The van der Waals surface area contributed by atoms with E-state index in [1.807, 2.05) is 13.0 Å². The second-order valence-electron chi connectivity index (χ2n) is 5.63. The highest BCUT2D eigenvalue weighted by Crippen LogP contribution is 2.28. The predicted molar refractivity (Wildman–Crippen MR) is 85.8 cm³/mol. The summed E-state index contributed by atoms with van der Waals surface area (Å²) >= 11 is 0. The molecule has 0 aromatic carbocycles. The van der Waals surface area contributed by atoms with Crippen LogP contribution in [0.1, 0.15) is 58.8 Å². The van der Waals surface area contributed by atoms with Gasteiger partial charge in [0.2, 0.25) is 11.8 Å². The van der Waals surface area contributed by atoms with Gasteiger partial charge in [0.25, 0.3) is 0 Å². The topological polar surface area (TPSA) is 58.2 Å². The van der Waals surface area contributed by atoms with Gasteiger partial charge in [0.05, 0.1) is 0 Å². The van der Waals surface area contributed by atoms with Crippen LogP contribution in [0.5, 0.6) is 0 Å². The van der Waals surface area contributed by atoms with Crippen LogP contribution in [0, 0.1) is 0 Å². The summed E-state index contributed by atoms with van der Waals surface area (Å²) in [6, 6.07) is 0. The van der Waals surface area contributed by atoms with Crippen molar-refractivity contribution in [2.75, 3.05) is 6.54 Å². The highest BCUT2D eigenvalue weighted by Gasteiger charge is 2.40. The third-order valence-electron chi connectivity index (χ3n) is 3.87. The lowest BCUT2D eigenvalue weighted by molar-refractivity contribution is -0.133. The lowest BCUT2D eigenvalue weighted by Gasteiger charge is -2.36. The van der Waals surface area contributed by atoms with E-state index in [4.69, 9.17) is 0 Å². The lowest BCUT2D eigenvalue weighted by Crippen LogP contribution is -2.59. The molecule has 4 heteroatoms. The molecule has 0 saturated heterocycles. The molecule has 118 valence electrons. The van der Waals surface area contributed by atoms with Crippen LogP contribution in [-0.4, -0.2) is 23.9 Å². The van der Waals surface area contributed by atoms with E-state index in [9.17, 15) is 9.59 Å². The fraction of sp³-hybridized carbons (Fsp3) is 0.647. The number of hydrogen-bond donors (Lipinski definition) is 2. The van der Waals surface area contributed by atoms with E-state index in [1.54, 1.807) is 12.2 Å². The Kier molecular flexibility index (Phi) is 7.80. The molecule has 21 heavy (non-hydrogen) atoms. The molecule has 0 bridgehead atoms. The van der Waals surface area contributed by atoms with Gasteiger partial charge in [0.15, 0.2) is 0 Å². The summed E-state index contributed by atoms with van der Waals surface area (Å²) in [6.45, 7) is 4.67. The van der Waals surface area contributed by atoms with Crippen molar-refractivity contribution in [3.63, 3.8) is 0 Å². The van der Waals surface area contributed by atoms with Gasteiger partial charge in [-0.25, -0.2) is 0 Å². The molecule has 2 N–H and O–H groups in total. The van der Waals surface area contributed by atoms with E-state index in [1.165, 1.54) is 6.08 Å². The average Bonchev–Trinajstić information content (AvgIpc) is 2.48. The lowest BCUT2D eigenvalue weighted by atomic mass is 9.80. The minimum absolute atomic E-state index is 0.0246. The molecule has 2 amide bonds. The van der Waals surface area contributed by atoms with Crippen molar-refractivity contribution in [3.8, 4) is 0 Å². The predicted octanol–water partition coefficient (Wildman–Crippen LogP) is 2.85. The van der Waals surface area contributed by atoms with Crippen molar-refractivity contribution >= 4 is 11.8 Å². The summed E-state index contributed by atoms with van der Waals surface area (Å²) in [5.74, 6) is -0.218. The Morgan fingerprint density at radius 2 is 1.86 bits per heavy atom. The first-order valence-electron chi connectivity index (χ1n) is 8.04. The van der Waals surface area contributed by atoms with Gasteiger partial charge in [-0.05, 0) is 26.2 Å². The minimum atomic E-state index is -0.719. The molecule has 0 atom stereocenters. The van der Waals surface area contributed by atoms with Crippen LogP contribution in [0.4, 0.5) is 0 Å². The highest BCUT2D eigenvalue weighted by atomic mass is 16.2. The summed E-state index contributed by atoms with van der Waals surface area (Å²) in [4.78, 5) is 24.5. The number of carbonyl (C=O) groups excluding carboxylic acids is 2. The van der Waals surface area contributed by atoms with Gasteiger partial charge in [-0.15, -0.1) is 0 Å². The molecule has 0 spiro atoms. The number of carbonyl (C=O) groups is 2. The van der Waals surface area contributed by atoms with E-state index in [0.29, 0.717) is 6.54 Å². The van der Waals surface area contributed by atoms with Gasteiger partial charge < -0.3 is 10.6 Å². The van der Waals surface area contributed by atoms with Gasteiger partial charge in [-0.3, -0.25) is 9.59 Å². The summed E-state index contributed by atoms with van der Waals surface area (Å²) in [5, 5.41) is 5.92. The molecule has 0 aromatic rings. The van der Waals surface area contributed by atoms with Gasteiger partial charge in [-0.1, -0.05) is 50.8 Å². The largest absolute Gasteiger partial charge is 0.354 e. The molecule has 0 aromatic heterocycles. The molecule has 0 unspecified atom stereocenters. The van der Waals surface area contributed by atoms with Gasteiger partial charge in [0.1, 0.15) is 5.54 Å². The zero-order valence-corrected chi connectivity index (χ0v) is 13.3. The van der Waals surface area contributed by atoms with E-state index in [0.717, 1.165) is 44.9 Å². The Labute approximate surface area is 128 Å². The van der Waals surface area contributed by atoms with Gasteiger partial charge >= 0.3 is 0 Å². The van der Waals surface area contributed by atoms with Crippen LogP contribution in [0.2, 0.25) is 0 Å². The number of amides is 2. The Morgan fingerprint density at radius 3 is 2.48 bits per heavy atom. The zero-order valence-electron chi connectivity index (χ0n) is 13.3. The maximum absolute atomic E-state index is 12.5. The van der Waals surface area contributed by atoms with Crippen LogP contribution >= 0.6 is 0 Å². The Balaban J connectivity index is 2.69. The molecule has 4 nitrogen and oxygen atoms in total. The van der Waals surface area contributed by atoms with E-state index in [-0.39, 0.29) is 11.8 Å². The third kappa shape index (κ3) is 5.74. The number of nitrogens with one attached hydrogen (secondary N) is 2. The molecule has 0 heterocycles. The second-order valence-corrected chi connectivity index (χ2v) is 5.63. The average molecular weight is 292 g/mol. The molecule has 0 aliphatic heterocycles. The van der Waals surface area contributed by atoms with Crippen LogP contribution in [0.15, 0.2) is 24.3 Å². The first-order valence-corrected chi connectivity index (χ1v) is 8.04. The van der Waals surface area contributed by atoms with Crippen molar-refractivity contribution in [2.45, 2.75) is 64.3 Å². The van der Waals surface area contributed by atoms with Crippen molar-refractivity contribution in [3.05, 3.63) is 24.3 Å². The molecular weight excluding hydrogens is 264 g/mol. The molecule has 1 fully saturated rings. The molecule has 1 aliphatic carbocycles.